The van der Waals surface area contributed by atoms with Gasteiger partial charge in [-0.3, -0.25) is 0 Å². The average Bonchev–Trinajstić information content (AvgIpc) is 2.79. The first-order valence-electron chi connectivity index (χ1n) is 6.92. The van der Waals surface area contributed by atoms with Crippen LogP contribution in [0.15, 0.2) is 6.07 Å². The fraction of sp³-hybridized carbons (Fsp3) is 0.733. The number of nitrogens with zero attached hydrogens (tertiary/aromatic N) is 2. The van der Waals surface area contributed by atoms with Crippen LogP contribution in [0, 0.1) is 5.41 Å². The minimum absolute atomic E-state index is 0.164. The van der Waals surface area contributed by atoms with E-state index in [4.69, 9.17) is 16.6 Å². The van der Waals surface area contributed by atoms with E-state index in [9.17, 15) is 0 Å². The van der Waals surface area contributed by atoms with Gasteiger partial charge in [0.1, 0.15) is 11.0 Å². The summed E-state index contributed by atoms with van der Waals surface area (Å²) in [4.78, 5) is 9.21. The van der Waals surface area contributed by atoms with Crippen molar-refractivity contribution >= 4 is 11.6 Å². The number of rotatable bonds is 2. The summed E-state index contributed by atoms with van der Waals surface area (Å²) in [5, 5.41) is 0.595. The zero-order chi connectivity index (χ0) is 13.3. The minimum Gasteiger partial charge on any atom is -0.237 e. The number of hydrogen-bond acceptors (Lipinski definition) is 2. The molecule has 0 amide bonds. The summed E-state index contributed by atoms with van der Waals surface area (Å²) in [7, 11) is 0. The van der Waals surface area contributed by atoms with E-state index in [1.807, 2.05) is 6.07 Å². The van der Waals surface area contributed by atoms with Crippen molar-refractivity contribution in [1.82, 2.24) is 9.97 Å². The van der Waals surface area contributed by atoms with Crippen LogP contribution in [0.3, 0.4) is 0 Å². The summed E-state index contributed by atoms with van der Waals surface area (Å²) < 4.78 is 0. The van der Waals surface area contributed by atoms with Gasteiger partial charge in [0.25, 0.3) is 0 Å². The Morgan fingerprint density at radius 2 is 1.83 bits per heavy atom. The molecule has 2 nitrogen and oxygen atoms in total. The van der Waals surface area contributed by atoms with Gasteiger partial charge in [0, 0.05) is 17.5 Å². The fourth-order valence-electron chi connectivity index (χ4n) is 2.46. The van der Waals surface area contributed by atoms with Crippen LogP contribution < -0.4 is 0 Å². The fourth-order valence-corrected chi connectivity index (χ4v) is 2.66. The Balaban J connectivity index is 2.31. The van der Waals surface area contributed by atoms with Gasteiger partial charge in [-0.15, -0.1) is 0 Å². The van der Waals surface area contributed by atoms with Crippen LogP contribution in [0.1, 0.15) is 76.7 Å². The molecule has 1 heterocycles. The van der Waals surface area contributed by atoms with Gasteiger partial charge in [-0.05, 0) is 24.3 Å². The monoisotopic (exact) mass is 266 g/mol. The van der Waals surface area contributed by atoms with E-state index in [0.29, 0.717) is 17.0 Å². The van der Waals surface area contributed by atoms with Crippen LogP contribution in [0.4, 0.5) is 0 Å². The summed E-state index contributed by atoms with van der Waals surface area (Å²) in [6.45, 7) is 8.84. The van der Waals surface area contributed by atoms with Crippen LogP contribution in [-0.4, -0.2) is 9.97 Å². The van der Waals surface area contributed by atoms with Crippen molar-refractivity contribution in [2.45, 2.75) is 65.2 Å². The highest BCUT2D eigenvalue weighted by Crippen LogP contribution is 2.37. The molecule has 18 heavy (non-hydrogen) atoms. The Kier molecular flexibility index (Phi) is 3.96. The van der Waals surface area contributed by atoms with Crippen molar-refractivity contribution in [2.75, 3.05) is 0 Å². The molecular weight excluding hydrogens is 244 g/mol. The second-order valence-electron chi connectivity index (χ2n) is 6.54. The normalized spacial score (nSPS) is 19.2. The van der Waals surface area contributed by atoms with Crippen LogP contribution in [0.2, 0.25) is 5.15 Å². The Hall–Kier alpha value is -0.630. The lowest BCUT2D eigenvalue weighted by molar-refractivity contribution is 0.327. The van der Waals surface area contributed by atoms with E-state index in [1.54, 1.807) is 0 Å². The molecule has 1 saturated carbocycles. The van der Waals surface area contributed by atoms with E-state index >= 15 is 0 Å². The Morgan fingerprint density at radius 3 is 2.39 bits per heavy atom. The van der Waals surface area contributed by atoms with Gasteiger partial charge < -0.3 is 0 Å². The molecule has 0 aliphatic heterocycles. The Labute approximate surface area is 115 Å². The summed E-state index contributed by atoms with van der Waals surface area (Å²) in [6, 6.07) is 1.95. The largest absolute Gasteiger partial charge is 0.237 e. The second kappa shape index (κ2) is 5.16. The summed E-state index contributed by atoms with van der Waals surface area (Å²) in [5.41, 5.74) is 1.32. The van der Waals surface area contributed by atoms with Gasteiger partial charge >= 0.3 is 0 Å². The first-order valence-corrected chi connectivity index (χ1v) is 7.30. The molecule has 0 spiro atoms. The van der Waals surface area contributed by atoms with Crippen molar-refractivity contribution in [2.24, 2.45) is 5.41 Å². The van der Waals surface area contributed by atoms with Gasteiger partial charge in [0.05, 0.1) is 0 Å². The highest BCUT2D eigenvalue weighted by molar-refractivity contribution is 6.29. The van der Waals surface area contributed by atoms with E-state index in [0.717, 1.165) is 11.5 Å². The topological polar surface area (TPSA) is 25.8 Å². The predicted molar refractivity (Wildman–Crippen MR) is 76.1 cm³/mol. The molecule has 1 aliphatic rings. The van der Waals surface area contributed by atoms with Gasteiger partial charge in [0.2, 0.25) is 0 Å². The second-order valence-corrected chi connectivity index (χ2v) is 6.93. The van der Waals surface area contributed by atoms with Crippen molar-refractivity contribution in [1.29, 1.82) is 0 Å². The third-order valence-corrected chi connectivity index (χ3v) is 4.39. The highest BCUT2D eigenvalue weighted by Gasteiger charge is 2.26. The smallest absolute Gasteiger partial charge is 0.133 e. The van der Waals surface area contributed by atoms with Crippen molar-refractivity contribution < 1.29 is 0 Å². The van der Waals surface area contributed by atoms with Gasteiger partial charge in [-0.25, -0.2) is 9.97 Å². The van der Waals surface area contributed by atoms with Gasteiger partial charge in [-0.2, -0.15) is 0 Å². The minimum atomic E-state index is 0.164. The lowest BCUT2D eigenvalue weighted by Gasteiger charge is -2.26. The molecule has 0 aromatic carbocycles. The van der Waals surface area contributed by atoms with Crippen LogP contribution in [-0.2, 0) is 0 Å². The maximum Gasteiger partial charge on any atom is 0.133 e. The van der Waals surface area contributed by atoms with E-state index in [-0.39, 0.29) is 5.41 Å². The van der Waals surface area contributed by atoms with Crippen LogP contribution in [0.25, 0.3) is 0 Å². The van der Waals surface area contributed by atoms with E-state index in [1.165, 1.54) is 25.7 Å². The maximum absolute atomic E-state index is 6.17. The zero-order valence-corrected chi connectivity index (χ0v) is 12.6. The molecule has 1 aromatic heterocycles. The molecule has 0 radical (unpaired) electrons. The van der Waals surface area contributed by atoms with Crippen LogP contribution >= 0.6 is 11.6 Å². The molecule has 3 heteroatoms. The standard InChI is InChI=1S/C15H23ClN2/c1-10(15(2,3)4)14-17-12(9-13(16)18-14)11-7-5-6-8-11/h9-11H,5-8H2,1-4H3. The number of halogens is 1. The molecule has 1 aliphatic carbocycles. The quantitative estimate of drug-likeness (QED) is 0.709. The Morgan fingerprint density at radius 1 is 1.22 bits per heavy atom. The number of hydrogen-bond donors (Lipinski definition) is 0. The van der Waals surface area contributed by atoms with E-state index < -0.39 is 0 Å². The predicted octanol–water partition coefficient (Wildman–Crippen LogP) is 4.94. The highest BCUT2D eigenvalue weighted by atomic mass is 35.5. The third-order valence-electron chi connectivity index (χ3n) is 4.19. The van der Waals surface area contributed by atoms with Crippen LogP contribution in [0.5, 0.6) is 0 Å². The molecule has 2 rings (SSSR count). The molecule has 0 bridgehead atoms. The van der Waals surface area contributed by atoms with Gasteiger partial charge in [-0.1, -0.05) is 52.1 Å². The first kappa shape index (κ1) is 13.8. The Bertz CT molecular complexity index is 417. The summed E-state index contributed by atoms with van der Waals surface area (Å²) >= 11 is 6.17. The third kappa shape index (κ3) is 3.03. The summed E-state index contributed by atoms with van der Waals surface area (Å²) in [6.07, 6.45) is 5.13. The molecule has 1 atom stereocenters. The van der Waals surface area contributed by atoms with Crippen molar-refractivity contribution in [3.63, 3.8) is 0 Å². The molecule has 0 N–H and O–H groups in total. The molecule has 0 saturated heterocycles. The van der Waals surface area contributed by atoms with Crippen molar-refractivity contribution in [3.05, 3.63) is 22.7 Å². The molecule has 1 aromatic rings. The first-order chi connectivity index (χ1) is 8.38. The lowest BCUT2D eigenvalue weighted by atomic mass is 9.81. The molecule has 1 fully saturated rings. The molecule has 1 unspecified atom stereocenters. The molecular formula is C15H23ClN2. The molecule has 100 valence electrons. The summed E-state index contributed by atoms with van der Waals surface area (Å²) in [5.74, 6) is 1.81. The van der Waals surface area contributed by atoms with Gasteiger partial charge in [0.15, 0.2) is 0 Å². The zero-order valence-electron chi connectivity index (χ0n) is 11.8. The van der Waals surface area contributed by atoms with Crippen molar-refractivity contribution in [3.8, 4) is 0 Å². The van der Waals surface area contributed by atoms with E-state index in [2.05, 4.69) is 32.7 Å². The number of aromatic nitrogens is 2. The SMILES string of the molecule is CC(c1nc(Cl)cc(C2CCCC2)n1)C(C)(C)C. The average molecular weight is 267 g/mol. The lowest BCUT2D eigenvalue weighted by Crippen LogP contribution is -2.19. The maximum atomic E-state index is 6.17.